The number of fused-ring (bicyclic) bond motifs is 2. The molecule has 22 heavy (non-hydrogen) atoms. The van der Waals surface area contributed by atoms with E-state index in [9.17, 15) is 4.79 Å². The van der Waals surface area contributed by atoms with Gasteiger partial charge in [-0.15, -0.1) is 0 Å². The highest BCUT2D eigenvalue weighted by Gasteiger charge is 2.41. The summed E-state index contributed by atoms with van der Waals surface area (Å²) in [4.78, 5) is 15.8. The summed E-state index contributed by atoms with van der Waals surface area (Å²) in [5, 5.41) is 0.957. The first-order chi connectivity index (χ1) is 10.4. The number of nitrogens with zero attached hydrogens (tertiary/aromatic N) is 1. The van der Waals surface area contributed by atoms with Gasteiger partial charge in [0.1, 0.15) is 17.5 Å². The Bertz CT molecular complexity index is 739. The van der Waals surface area contributed by atoms with E-state index in [1.54, 1.807) is 7.11 Å². The van der Waals surface area contributed by atoms with Crippen LogP contribution in [0.5, 0.6) is 11.6 Å². The molecule has 0 aliphatic carbocycles. The minimum atomic E-state index is -0.732. The third kappa shape index (κ3) is 2.36. The van der Waals surface area contributed by atoms with Crippen molar-refractivity contribution in [2.75, 3.05) is 7.11 Å². The molecule has 0 fully saturated rings. The minimum absolute atomic E-state index is 0.287. The number of hydrogen-bond acceptors (Lipinski definition) is 5. The first kappa shape index (κ1) is 14.6. The Morgan fingerprint density at radius 3 is 2.77 bits per heavy atom. The lowest BCUT2D eigenvalue weighted by atomic mass is 9.96. The molecule has 2 aromatic rings. The zero-order valence-electron chi connectivity index (χ0n) is 13.2. The fraction of sp³-hybridized carbons (Fsp3) is 0.412. The summed E-state index contributed by atoms with van der Waals surface area (Å²) in [7, 11) is 1.65. The molecule has 2 heterocycles. The van der Waals surface area contributed by atoms with Crippen molar-refractivity contribution < 1.29 is 19.0 Å². The molecule has 5 nitrogen and oxygen atoms in total. The maximum atomic E-state index is 11.3. The average Bonchev–Trinajstić information content (AvgIpc) is 2.87. The molecule has 1 aliphatic rings. The smallest absolute Gasteiger partial charge is 0.303 e. The van der Waals surface area contributed by atoms with Gasteiger partial charge in [-0.3, -0.25) is 4.79 Å². The lowest BCUT2D eigenvalue weighted by molar-refractivity contribution is -0.161. The molecule has 0 bridgehead atoms. The second-order valence-electron chi connectivity index (χ2n) is 5.95. The number of benzene rings is 1. The number of para-hydroxylation sites is 1. The van der Waals surface area contributed by atoms with E-state index in [0.717, 1.165) is 22.2 Å². The molecular formula is C17H19NO4. The maximum Gasteiger partial charge on any atom is 0.303 e. The van der Waals surface area contributed by atoms with Crippen molar-refractivity contribution in [1.82, 2.24) is 4.98 Å². The van der Waals surface area contributed by atoms with Crippen LogP contribution in [0, 0.1) is 0 Å². The number of methoxy groups -OCH3 is 1. The number of hydrogen-bond donors (Lipinski definition) is 0. The Morgan fingerprint density at radius 1 is 1.36 bits per heavy atom. The maximum absolute atomic E-state index is 11.3. The zero-order chi connectivity index (χ0) is 15.9. The number of rotatable bonds is 3. The number of pyridine rings is 1. The monoisotopic (exact) mass is 301 g/mol. The SMILES string of the molecule is COc1c2c(nc3ccccc13)OC(C(C)(C)OC(C)=O)C2. The molecule has 0 saturated carbocycles. The van der Waals surface area contributed by atoms with Crippen molar-refractivity contribution in [3.63, 3.8) is 0 Å². The van der Waals surface area contributed by atoms with E-state index in [-0.39, 0.29) is 12.1 Å². The van der Waals surface area contributed by atoms with Crippen molar-refractivity contribution in [1.29, 1.82) is 0 Å². The summed E-state index contributed by atoms with van der Waals surface area (Å²) >= 11 is 0. The number of ether oxygens (including phenoxy) is 3. The largest absolute Gasteiger partial charge is 0.496 e. The van der Waals surface area contributed by atoms with Crippen LogP contribution in [-0.2, 0) is 16.0 Å². The molecule has 1 aromatic carbocycles. The number of aromatic nitrogens is 1. The van der Waals surface area contributed by atoms with Gasteiger partial charge < -0.3 is 14.2 Å². The topological polar surface area (TPSA) is 57.6 Å². The van der Waals surface area contributed by atoms with Crippen LogP contribution >= 0.6 is 0 Å². The average molecular weight is 301 g/mol. The number of carbonyl (C=O) groups is 1. The molecule has 1 aliphatic heterocycles. The highest BCUT2D eigenvalue weighted by Crippen LogP contribution is 2.42. The van der Waals surface area contributed by atoms with Crippen LogP contribution in [0.3, 0.4) is 0 Å². The van der Waals surface area contributed by atoms with E-state index in [4.69, 9.17) is 14.2 Å². The van der Waals surface area contributed by atoms with Crippen molar-refractivity contribution in [2.24, 2.45) is 0 Å². The van der Waals surface area contributed by atoms with Crippen LogP contribution in [0.2, 0.25) is 0 Å². The predicted octanol–water partition coefficient (Wildman–Crippen LogP) is 2.89. The van der Waals surface area contributed by atoms with Gasteiger partial charge in [-0.1, -0.05) is 12.1 Å². The molecule has 0 N–H and O–H groups in total. The van der Waals surface area contributed by atoms with Crippen LogP contribution in [0.15, 0.2) is 24.3 Å². The summed E-state index contributed by atoms with van der Waals surface area (Å²) in [5.41, 5.74) is 1.01. The van der Waals surface area contributed by atoms with Gasteiger partial charge in [-0.2, -0.15) is 0 Å². The van der Waals surface area contributed by atoms with Gasteiger partial charge in [0.2, 0.25) is 5.88 Å². The third-order valence-electron chi connectivity index (χ3n) is 3.93. The zero-order valence-corrected chi connectivity index (χ0v) is 13.2. The van der Waals surface area contributed by atoms with Crippen LogP contribution in [0.1, 0.15) is 26.3 Å². The molecule has 3 rings (SSSR count). The predicted molar refractivity (Wildman–Crippen MR) is 82.3 cm³/mol. The molecule has 1 unspecified atom stereocenters. The molecule has 5 heteroatoms. The second kappa shape index (κ2) is 5.16. The van der Waals surface area contributed by atoms with Crippen LogP contribution in [0.25, 0.3) is 10.9 Å². The van der Waals surface area contributed by atoms with E-state index < -0.39 is 5.60 Å². The fourth-order valence-electron chi connectivity index (χ4n) is 2.90. The summed E-state index contributed by atoms with van der Waals surface area (Å²) in [6.45, 7) is 5.09. The number of esters is 1. The normalized spacial score (nSPS) is 17.0. The minimum Gasteiger partial charge on any atom is -0.496 e. The van der Waals surface area contributed by atoms with Gasteiger partial charge in [-0.25, -0.2) is 4.98 Å². The highest BCUT2D eigenvalue weighted by molar-refractivity contribution is 5.87. The second-order valence-corrected chi connectivity index (χ2v) is 5.95. The van der Waals surface area contributed by atoms with E-state index >= 15 is 0 Å². The van der Waals surface area contributed by atoms with Crippen LogP contribution < -0.4 is 9.47 Å². The van der Waals surface area contributed by atoms with Gasteiger partial charge in [0.15, 0.2) is 0 Å². The summed E-state index contributed by atoms with van der Waals surface area (Å²) in [6.07, 6.45) is 0.306. The molecule has 0 radical (unpaired) electrons. The Hall–Kier alpha value is -2.30. The lowest BCUT2D eigenvalue weighted by Crippen LogP contribution is -2.43. The van der Waals surface area contributed by atoms with Crippen LogP contribution in [-0.4, -0.2) is 29.8 Å². The Morgan fingerprint density at radius 2 is 2.09 bits per heavy atom. The molecule has 1 atom stereocenters. The molecule has 1 aromatic heterocycles. The Kier molecular flexibility index (Phi) is 3.43. The van der Waals surface area contributed by atoms with Gasteiger partial charge in [0, 0.05) is 18.7 Å². The molecule has 0 saturated heterocycles. The van der Waals surface area contributed by atoms with Gasteiger partial charge in [-0.05, 0) is 26.0 Å². The van der Waals surface area contributed by atoms with Gasteiger partial charge in [0.05, 0.1) is 18.2 Å². The molecular weight excluding hydrogens is 282 g/mol. The van der Waals surface area contributed by atoms with E-state index in [1.165, 1.54) is 6.92 Å². The quantitative estimate of drug-likeness (QED) is 0.816. The summed E-state index contributed by atoms with van der Waals surface area (Å²) in [5.74, 6) is 1.01. The van der Waals surface area contributed by atoms with Crippen molar-refractivity contribution in [3.05, 3.63) is 29.8 Å². The first-order valence-electron chi connectivity index (χ1n) is 7.24. The molecule has 0 amide bonds. The number of carbonyl (C=O) groups excluding carboxylic acids is 1. The third-order valence-corrected chi connectivity index (χ3v) is 3.93. The van der Waals surface area contributed by atoms with Crippen molar-refractivity contribution >= 4 is 16.9 Å². The van der Waals surface area contributed by atoms with Crippen molar-refractivity contribution in [2.45, 2.75) is 38.9 Å². The molecule has 116 valence electrons. The van der Waals surface area contributed by atoms with Gasteiger partial charge in [0.25, 0.3) is 0 Å². The first-order valence-corrected chi connectivity index (χ1v) is 7.24. The standard InChI is InChI=1S/C17H19NO4/c1-10(19)22-17(2,3)14-9-12-15(20-4)11-7-5-6-8-13(11)18-16(12)21-14/h5-8,14H,9H2,1-4H3. The van der Waals surface area contributed by atoms with Crippen LogP contribution in [0.4, 0.5) is 0 Å². The van der Waals surface area contributed by atoms with Crippen molar-refractivity contribution in [3.8, 4) is 11.6 Å². The summed E-state index contributed by atoms with van der Waals surface area (Å²) in [6, 6.07) is 7.78. The fourth-order valence-corrected chi connectivity index (χ4v) is 2.90. The van der Waals surface area contributed by atoms with E-state index in [2.05, 4.69) is 4.98 Å². The van der Waals surface area contributed by atoms with Gasteiger partial charge >= 0.3 is 5.97 Å². The highest BCUT2D eigenvalue weighted by atomic mass is 16.6. The van der Waals surface area contributed by atoms with E-state index in [1.807, 2.05) is 38.1 Å². The Labute approximate surface area is 129 Å². The Balaban J connectivity index is 2.03. The van der Waals surface area contributed by atoms with E-state index in [0.29, 0.717) is 12.3 Å². The summed E-state index contributed by atoms with van der Waals surface area (Å²) < 4.78 is 16.9. The lowest BCUT2D eigenvalue weighted by Gasteiger charge is -2.29. The molecule has 0 spiro atoms.